The second kappa shape index (κ2) is 9.43. The number of hydrogen-bond donors (Lipinski definition) is 1. The van der Waals surface area contributed by atoms with Crippen molar-refractivity contribution in [2.24, 2.45) is 5.92 Å². The normalized spacial score (nSPS) is 21.6. The molecule has 0 radical (unpaired) electrons. The Labute approximate surface area is 210 Å². The summed E-state index contributed by atoms with van der Waals surface area (Å²) >= 11 is 6.77. The summed E-state index contributed by atoms with van der Waals surface area (Å²) in [5, 5.41) is 11.8. The van der Waals surface area contributed by atoms with Crippen molar-refractivity contribution in [1.29, 1.82) is 0 Å². The first-order valence-corrected chi connectivity index (χ1v) is 13.5. The summed E-state index contributed by atoms with van der Waals surface area (Å²) in [6.07, 6.45) is 0.104. The molecule has 1 saturated heterocycles. The van der Waals surface area contributed by atoms with Crippen LogP contribution in [0.3, 0.4) is 0 Å². The minimum Gasteiger partial charge on any atom is -0.384 e. The van der Waals surface area contributed by atoms with Gasteiger partial charge in [0.05, 0.1) is 10.8 Å². The van der Waals surface area contributed by atoms with E-state index in [1.54, 1.807) is 60.7 Å². The summed E-state index contributed by atoms with van der Waals surface area (Å²) in [6.45, 7) is 1.88. The minimum absolute atomic E-state index is 0.104. The fraction of sp³-hybridized carbons (Fsp3) is 0.240. The molecule has 3 aromatic rings. The number of piperidine rings is 1. The van der Waals surface area contributed by atoms with Crippen LogP contribution in [0.1, 0.15) is 27.9 Å². The van der Waals surface area contributed by atoms with E-state index in [1.165, 1.54) is 4.31 Å². The van der Waals surface area contributed by atoms with Crippen molar-refractivity contribution in [3.63, 3.8) is 0 Å². The number of benzene rings is 3. The van der Waals surface area contributed by atoms with Gasteiger partial charge in [0, 0.05) is 27.6 Å². The van der Waals surface area contributed by atoms with Gasteiger partial charge in [-0.15, -0.1) is 0 Å². The molecule has 5 nitrogen and oxygen atoms in total. The van der Waals surface area contributed by atoms with Gasteiger partial charge in [-0.2, -0.15) is 4.31 Å². The Balaban J connectivity index is 1.74. The summed E-state index contributed by atoms with van der Waals surface area (Å²) in [5.74, 6) is -1.26. The zero-order valence-electron chi connectivity index (χ0n) is 17.9. The lowest BCUT2D eigenvalue weighted by Gasteiger charge is -2.43. The highest BCUT2D eigenvalue weighted by Crippen LogP contribution is 2.41. The van der Waals surface area contributed by atoms with Gasteiger partial charge in [0.15, 0.2) is 5.78 Å². The Kier molecular flexibility index (Phi) is 6.94. The largest absolute Gasteiger partial charge is 0.384 e. The van der Waals surface area contributed by atoms with Crippen molar-refractivity contribution in [2.75, 3.05) is 13.1 Å². The van der Waals surface area contributed by atoms with Gasteiger partial charge in [0.2, 0.25) is 10.0 Å². The fourth-order valence-corrected chi connectivity index (χ4v) is 6.18. The van der Waals surface area contributed by atoms with E-state index in [0.717, 1.165) is 14.5 Å². The first-order valence-electron chi connectivity index (χ1n) is 10.5. The first-order chi connectivity index (χ1) is 15.6. The Morgan fingerprint density at radius 3 is 2.06 bits per heavy atom. The maximum atomic E-state index is 13.6. The number of Topliss-reactive ketones (excluding diaryl/α,β-unsaturated/α-hetero) is 1. The Hall–Kier alpha value is -1.84. The van der Waals surface area contributed by atoms with Crippen LogP contribution in [-0.4, -0.2) is 36.7 Å². The highest BCUT2D eigenvalue weighted by atomic mass is 79.9. The maximum Gasteiger partial charge on any atom is 0.243 e. The molecule has 1 aliphatic rings. The SMILES string of the molecule is Cc1ccc(S(=O)(=O)N2CC[C@@](O)(c3ccc(Br)cc3)C(C(=O)c3ccc(Br)cc3)C2)cc1. The number of halogens is 2. The Bertz CT molecular complexity index is 1260. The molecule has 8 heteroatoms. The van der Waals surface area contributed by atoms with Crippen LogP contribution in [0.2, 0.25) is 0 Å². The second-order valence-corrected chi connectivity index (χ2v) is 12.1. The smallest absolute Gasteiger partial charge is 0.243 e. The third-order valence-electron chi connectivity index (χ3n) is 6.15. The molecule has 1 N–H and O–H groups in total. The van der Waals surface area contributed by atoms with Gasteiger partial charge < -0.3 is 5.11 Å². The monoisotopic (exact) mass is 591 g/mol. The molecule has 0 saturated carbocycles. The van der Waals surface area contributed by atoms with Crippen LogP contribution in [0, 0.1) is 12.8 Å². The quantitative estimate of drug-likeness (QED) is 0.408. The third kappa shape index (κ3) is 4.86. The van der Waals surface area contributed by atoms with Crippen molar-refractivity contribution in [2.45, 2.75) is 23.8 Å². The van der Waals surface area contributed by atoms with E-state index < -0.39 is 21.5 Å². The van der Waals surface area contributed by atoms with Crippen molar-refractivity contribution in [3.8, 4) is 0 Å². The molecule has 3 aromatic carbocycles. The van der Waals surface area contributed by atoms with Crippen molar-refractivity contribution < 1.29 is 18.3 Å². The highest BCUT2D eigenvalue weighted by molar-refractivity contribution is 9.10. The average Bonchev–Trinajstić information content (AvgIpc) is 2.80. The molecule has 1 aliphatic heterocycles. The van der Waals surface area contributed by atoms with Crippen LogP contribution in [0.5, 0.6) is 0 Å². The minimum atomic E-state index is -3.82. The van der Waals surface area contributed by atoms with Crippen LogP contribution >= 0.6 is 31.9 Å². The molecule has 0 bridgehead atoms. The lowest BCUT2D eigenvalue weighted by atomic mass is 9.73. The molecule has 1 heterocycles. The predicted octanol–water partition coefficient (Wildman–Crippen LogP) is 5.30. The number of sulfonamides is 1. The maximum absolute atomic E-state index is 13.6. The van der Waals surface area contributed by atoms with Gasteiger partial charge in [-0.3, -0.25) is 4.79 Å². The number of carbonyl (C=O) groups is 1. The van der Waals surface area contributed by atoms with E-state index in [4.69, 9.17) is 0 Å². The van der Waals surface area contributed by atoms with Gasteiger partial charge in [0.1, 0.15) is 5.60 Å². The number of aryl methyl sites for hydroxylation is 1. The molecule has 1 fully saturated rings. The number of hydrogen-bond acceptors (Lipinski definition) is 4. The molecule has 2 atom stereocenters. The Morgan fingerprint density at radius 1 is 0.939 bits per heavy atom. The van der Waals surface area contributed by atoms with E-state index >= 15 is 0 Å². The third-order valence-corrected chi connectivity index (χ3v) is 9.09. The summed E-state index contributed by atoms with van der Waals surface area (Å²) < 4.78 is 29.7. The summed E-state index contributed by atoms with van der Waals surface area (Å²) in [7, 11) is -3.82. The summed E-state index contributed by atoms with van der Waals surface area (Å²) in [5.41, 5.74) is 0.479. The zero-order valence-corrected chi connectivity index (χ0v) is 21.9. The highest BCUT2D eigenvalue weighted by Gasteiger charge is 2.49. The van der Waals surface area contributed by atoms with E-state index in [2.05, 4.69) is 31.9 Å². The standard InChI is InChI=1S/C25H23Br2NO4S/c1-17-2-12-22(13-3-17)33(31,32)28-15-14-25(30,19-6-10-21(27)11-7-19)23(16-28)24(29)18-4-8-20(26)9-5-18/h2-13,23,30H,14-16H2,1H3/t23?,25-/m1/s1. The molecule has 1 unspecified atom stereocenters. The molecule has 33 heavy (non-hydrogen) atoms. The number of ketones is 1. The van der Waals surface area contributed by atoms with E-state index in [1.807, 2.05) is 19.1 Å². The predicted molar refractivity (Wildman–Crippen MR) is 135 cm³/mol. The number of carbonyl (C=O) groups excluding carboxylic acids is 1. The van der Waals surface area contributed by atoms with Gasteiger partial charge in [0.25, 0.3) is 0 Å². The second-order valence-electron chi connectivity index (χ2n) is 8.28. The van der Waals surface area contributed by atoms with Crippen LogP contribution < -0.4 is 0 Å². The van der Waals surface area contributed by atoms with Crippen molar-refractivity contribution in [1.82, 2.24) is 4.31 Å². The van der Waals surface area contributed by atoms with E-state index in [0.29, 0.717) is 11.1 Å². The van der Waals surface area contributed by atoms with Crippen molar-refractivity contribution in [3.05, 3.63) is 98.4 Å². The van der Waals surface area contributed by atoms with Crippen LogP contribution in [0.4, 0.5) is 0 Å². The van der Waals surface area contributed by atoms with Gasteiger partial charge >= 0.3 is 0 Å². The van der Waals surface area contributed by atoms with Gasteiger partial charge in [-0.25, -0.2) is 8.42 Å². The number of aliphatic hydroxyl groups is 1. The first kappa shape index (κ1) is 24.3. The topological polar surface area (TPSA) is 74.7 Å². The molecule has 172 valence electrons. The van der Waals surface area contributed by atoms with E-state index in [-0.39, 0.29) is 30.2 Å². The summed E-state index contributed by atoms with van der Waals surface area (Å²) in [6, 6.07) is 20.7. The zero-order chi connectivity index (χ0) is 23.8. The molecule has 0 spiro atoms. The van der Waals surface area contributed by atoms with Gasteiger partial charge in [-0.1, -0.05) is 73.8 Å². The van der Waals surface area contributed by atoms with Crippen LogP contribution in [0.25, 0.3) is 0 Å². The van der Waals surface area contributed by atoms with Crippen molar-refractivity contribution >= 4 is 47.7 Å². The average molecular weight is 593 g/mol. The molecule has 4 rings (SSSR count). The molecular weight excluding hydrogens is 570 g/mol. The van der Waals surface area contributed by atoms with E-state index in [9.17, 15) is 18.3 Å². The fourth-order valence-electron chi connectivity index (χ4n) is 4.19. The molecule has 0 aromatic heterocycles. The summed E-state index contributed by atoms with van der Waals surface area (Å²) in [4.78, 5) is 13.8. The molecule has 0 amide bonds. The lowest BCUT2D eigenvalue weighted by Crippen LogP contribution is -2.54. The lowest BCUT2D eigenvalue weighted by molar-refractivity contribution is -0.0496. The van der Waals surface area contributed by atoms with Crippen LogP contribution in [-0.2, 0) is 15.6 Å². The molecule has 0 aliphatic carbocycles. The number of nitrogens with zero attached hydrogens (tertiary/aromatic N) is 1. The molecular formula is C25H23Br2NO4S. The Morgan fingerprint density at radius 2 is 1.48 bits per heavy atom. The number of rotatable bonds is 5. The van der Waals surface area contributed by atoms with Gasteiger partial charge in [-0.05, 0) is 55.3 Å². The van der Waals surface area contributed by atoms with Crippen LogP contribution in [0.15, 0.2) is 86.6 Å².